The molecule has 3 aromatic rings. The number of sulfonamides is 1. The Bertz CT molecular complexity index is 1160. The minimum Gasteiger partial charge on any atom is -0.271 e. The number of hydrogen-bond acceptors (Lipinski definition) is 4. The van der Waals surface area contributed by atoms with Gasteiger partial charge in [0.1, 0.15) is 6.54 Å². The minimum atomic E-state index is -3.93. The van der Waals surface area contributed by atoms with Crippen LogP contribution in [0, 0.1) is 13.8 Å². The van der Waals surface area contributed by atoms with Crippen LogP contribution in [0.1, 0.15) is 16.7 Å². The summed E-state index contributed by atoms with van der Waals surface area (Å²) in [4.78, 5) is 12.7. The highest BCUT2D eigenvalue weighted by Crippen LogP contribution is 2.26. The van der Waals surface area contributed by atoms with Gasteiger partial charge in [-0.3, -0.25) is 9.10 Å². The summed E-state index contributed by atoms with van der Waals surface area (Å²) in [6.07, 6.45) is 1.52. The van der Waals surface area contributed by atoms with Crippen molar-refractivity contribution < 1.29 is 13.2 Å². The van der Waals surface area contributed by atoms with E-state index < -0.39 is 22.5 Å². The molecule has 1 amide bonds. The second kappa shape index (κ2) is 9.37. The fourth-order valence-corrected chi connectivity index (χ4v) is 4.46. The Morgan fingerprint density at radius 2 is 1.67 bits per heavy atom. The smallest absolute Gasteiger partial charge is 0.264 e. The molecule has 0 bridgehead atoms. The molecule has 3 aromatic carbocycles. The number of hydrazone groups is 1. The molecule has 0 atom stereocenters. The summed E-state index contributed by atoms with van der Waals surface area (Å²) in [7, 11) is -3.93. The number of amides is 1. The van der Waals surface area contributed by atoms with Crippen molar-refractivity contribution in [2.45, 2.75) is 18.7 Å². The van der Waals surface area contributed by atoms with E-state index >= 15 is 0 Å². The SMILES string of the molecule is Cc1cccc(/C=N/NC(=O)CN(c2ccccc2C)S(=O)(=O)c2ccccc2)c1. The standard InChI is InChI=1S/C23H23N3O3S/c1-18-9-8-11-20(15-18)16-24-25-23(27)17-26(22-14-7-6-10-19(22)2)30(28,29)21-12-4-3-5-13-21/h3-16H,17H2,1-2H3,(H,25,27)/b24-16+. The summed E-state index contributed by atoms with van der Waals surface area (Å²) in [5, 5.41) is 3.96. The molecule has 7 heteroatoms. The molecule has 0 aliphatic heterocycles. The van der Waals surface area contributed by atoms with Gasteiger partial charge >= 0.3 is 0 Å². The first kappa shape index (κ1) is 21.3. The maximum Gasteiger partial charge on any atom is 0.264 e. The summed E-state index contributed by atoms with van der Waals surface area (Å²) in [6, 6.07) is 22.7. The molecule has 3 rings (SSSR count). The van der Waals surface area contributed by atoms with Gasteiger partial charge in [0.25, 0.3) is 15.9 Å². The lowest BCUT2D eigenvalue weighted by molar-refractivity contribution is -0.119. The topological polar surface area (TPSA) is 78.8 Å². The zero-order valence-electron chi connectivity index (χ0n) is 16.8. The van der Waals surface area contributed by atoms with Crippen LogP contribution < -0.4 is 9.73 Å². The van der Waals surface area contributed by atoms with E-state index in [4.69, 9.17) is 0 Å². The number of carbonyl (C=O) groups excluding carboxylic acids is 1. The number of rotatable bonds is 7. The fourth-order valence-electron chi connectivity index (χ4n) is 2.96. The van der Waals surface area contributed by atoms with Gasteiger partial charge in [-0.05, 0) is 43.2 Å². The van der Waals surface area contributed by atoms with E-state index in [0.29, 0.717) is 5.69 Å². The van der Waals surface area contributed by atoms with Gasteiger partial charge in [-0.2, -0.15) is 5.10 Å². The molecule has 0 saturated heterocycles. The first-order chi connectivity index (χ1) is 14.4. The van der Waals surface area contributed by atoms with E-state index in [-0.39, 0.29) is 4.90 Å². The van der Waals surface area contributed by atoms with Crippen LogP contribution in [0.25, 0.3) is 0 Å². The average Bonchev–Trinajstić information content (AvgIpc) is 2.73. The lowest BCUT2D eigenvalue weighted by Crippen LogP contribution is -2.40. The Labute approximate surface area is 176 Å². The third-order valence-corrected chi connectivity index (χ3v) is 6.22. The van der Waals surface area contributed by atoms with Crippen LogP contribution >= 0.6 is 0 Å². The normalized spacial score (nSPS) is 11.4. The number of nitrogens with zero attached hydrogens (tertiary/aromatic N) is 2. The predicted molar refractivity (Wildman–Crippen MR) is 119 cm³/mol. The fraction of sp³-hybridized carbons (Fsp3) is 0.130. The zero-order valence-corrected chi connectivity index (χ0v) is 17.6. The molecule has 0 spiro atoms. The van der Waals surface area contributed by atoms with Crippen molar-refractivity contribution in [1.82, 2.24) is 5.43 Å². The van der Waals surface area contributed by atoms with Crippen molar-refractivity contribution in [2.24, 2.45) is 5.10 Å². The molecule has 0 saturated carbocycles. The van der Waals surface area contributed by atoms with Crippen molar-refractivity contribution in [3.8, 4) is 0 Å². The molecule has 0 aliphatic carbocycles. The molecule has 0 unspecified atom stereocenters. The van der Waals surface area contributed by atoms with Crippen LogP contribution in [-0.4, -0.2) is 27.1 Å². The summed E-state index contributed by atoms with van der Waals surface area (Å²) >= 11 is 0. The quantitative estimate of drug-likeness (QED) is 0.467. The van der Waals surface area contributed by atoms with E-state index in [9.17, 15) is 13.2 Å². The molecular formula is C23H23N3O3S. The van der Waals surface area contributed by atoms with E-state index in [0.717, 1.165) is 21.0 Å². The van der Waals surface area contributed by atoms with E-state index in [1.165, 1.54) is 18.3 Å². The number of aryl methyl sites for hydroxylation is 2. The summed E-state index contributed by atoms with van der Waals surface area (Å²) in [6.45, 7) is 3.37. The highest BCUT2D eigenvalue weighted by atomic mass is 32.2. The van der Waals surface area contributed by atoms with Gasteiger partial charge < -0.3 is 0 Å². The highest BCUT2D eigenvalue weighted by molar-refractivity contribution is 7.92. The second-order valence-corrected chi connectivity index (χ2v) is 8.68. The van der Waals surface area contributed by atoms with Crippen molar-refractivity contribution in [3.63, 3.8) is 0 Å². The molecule has 0 heterocycles. The monoisotopic (exact) mass is 421 g/mol. The third kappa shape index (κ3) is 5.12. The summed E-state index contributed by atoms with van der Waals surface area (Å²) < 4.78 is 27.6. The number of nitrogens with one attached hydrogen (secondary N) is 1. The molecule has 6 nitrogen and oxygen atoms in total. The number of anilines is 1. The van der Waals surface area contributed by atoms with Crippen LogP contribution in [0.4, 0.5) is 5.69 Å². The first-order valence-electron chi connectivity index (χ1n) is 9.40. The number of para-hydroxylation sites is 1. The van der Waals surface area contributed by atoms with Crippen LogP contribution in [-0.2, 0) is 14.8 Å². The average molecular weight is 422 g/mol. The molecule has 154 valence electrons. The highest BCUT2D eigenvalue weighted by Gasteiger charge is 2.27. The third-order valence-electron chi connectivity index (χ3n) is 4.45. The predicted octanol–water partition coefficient (Wildman–Crippen LogP) is 3.65. The largest absolute Gasteiger partial charge is 0.271 e. The van der Waals surface area contributed by atoms with Crippen molar-refractivity contribution in [3.05, 3.63) is 95.6 Å². The summed E-state index contributed by atoms with van der Waals surface area (Å²) in [5.74, 6) is -0.540. The van der Waals surface area contributed by atoms with Crippen LogP contribution in [0.15, 0.2) is 88.9 Å². The first-order valence-corrected chi connectivity index (χ1v) is 10.8. The van der Waals surface area contributed by atoms with Gasteiger partial charge in [-0.1, -0.05) is 66.2 Å². The number of hydrogen-bond donors (Lipinski definition) is 1. The van der Waals surface area contributed by atoms with E-state index in [1.54, 1.807) is 43.3 Å². The van der Waals surface area contributed by atoms with Crippen LogP contribution in [0.2, 0.25) is 0 Å². The van der Waals surface area contributed by atoms with Gasteiger partial charge in [-0.25, -0.2) is 13.8 Å². The van der Waals surface area contributed by atoms with Gasteiger partial charge in [-0.15, -0.1) is 0 Å². The molecule has 1 N–H and O–H groups in total. The second-order valence-electron chi connectivity index (χ2n) is 6.82. The Morgan fingerprint density at radius 1 is 0.967 bits per heavy atom. The molecule has 0 radical (unpaired) electrons. The molecular weight excluding hydrogens is 398 g/mol. The van der Waals surface area contributed by atoms with E-state index in [2.05, 4.69) is 10.5 Å². The number of carbonyl (C=O) groups is 1. The van der Waals surface area contributed by atoms with Crippen LogP contribution in [0.3, 0.4) is 0 Å². The van der Waals surface area contributed by atoms with Gasteiger partial charge in [0.2, 0.25) is 0 Å². The maximum atomic E-state index is 13.3. The molecule has 0 aliphatic rings. The zero-order chi connectivity index (χ0) is 21.6. The van der Waals surface area contributed by atoms with Crippen molar-refractivity contribution in [1.29, 1.82) is 0 Å². The van der Waals surface area contributed by atoms with Gasteiger partial charge in [0.15, 0.2) is 0 Å². The number of benzene rings is 3. The Morgan fingerprint density at radius 3 is 2.37 bits per heavy atom. The lowest BCUT2D eigenvalue weighted by atomic mass is 10.2. The Balaban J connectivity index is 1.84. The van der Waals surface area contributed by atoms with Crippen molar-refractivity contribution in [2.75, 3.05) is 10.8 Å². The summed E-state index contributed by atoms with van der Waals surface area (Å²) in [5.41, 5.74) is 5.52. The minimum absolute atomic E-state index is 0.115. The van der Waals surface area contributed by atoms with Crippen molar-refractivity contribution >= 4 is 27.8 Å². The van der Waals surface area contributed by atoms with E-state index in [1.807, 2.05) is 37.3 Å². The Hall–Kier alpha value is -3.45. The molecule has 0 fully saturated rings. The molecule has 0 aromatic heterocycles. The van der Waals surface area contributed by atoms with Gasteiger partial charge in [0.05, 0.1) is 16.8 Å². The van der Waals surface area contributed by atoms with Gasteiger partial charge in [0, 0.05) is 0 Å². The van der Waals surface area contributed by atoms with Crippen LogP contribution in [0.5, 0.6) is 0 Å². The molecule has 30 heavy (non-hydrogen) atoms. The maximum absolute atomic E-state index is 13.3. The lowest BCUT2D eigenvalue weighted by Gasteiger charge is -2.25. The Kier molecular flexibility index (Phi) is 6.64.